The summed E-state index contributed by atoms with van der Waals surface area (Å²) in [5.74, 6) is 0. The van der Waals surface area contributed by atoms with Gasteiger partial charge in [-0.2, -0.15) is 0 Å². The molecule has 0 fully saturated rings. The van der Waals surface area contributed by atoms with Crippen molar-refractivity contribution in [1.82, 2.24) is 0 Å². The second-order valence-corrected chi connectivity index (χ2v) is 16.6. The Morgan fingerprint density at radius 2 is 0.793 bits per heavy atom. The first-order valence-corrected chi connectivity index (χ1v) is 20.4. The van der Waals surface area contributed by atoms with Crippen LogP contribution in [-0.4, -0.2) is 0 Å². The van der Waals surface area contributed by atoms with Crippen LogP contribution in [0.4, 0.5) is 17.1 Å². The second kappa shape index (κ2) is 13.0. The Morgan fingerprint density at radius 3 is 1.40 bits per heavy atom. The molecule has 0 bridgehead atoms. The average molecular weight is 742 g/mol. The maximum absolute atomic E-state index is 2.48. The molecule has 10 aromatic rings. The first kappa shape index (κ1) is 34.3. The van der Waals surface area contributed by atoms with Gasteiger partial charge in [0.1, 0.15) is 0 Å². The van der Waals surface area contributed by atoms with Crippen LogP contribution in [0.1, 0.15) is 36.1 Å². The highest BCUT2D eigenvalue weighted by molar-refractivity contribution is 6.25. The van der Waals surface area contributed by atoms with Crippen molar-refractivity contribution < 1.29 is 0 Å². The first-order chi connectivity index (χ1) is 28.4. The molecule has 1 heteroatoms. The average Bonchev–Trinajstić information content (AvgIpc) is 3.49. The fourth-order valence-corrected chi connectivity index (χ4v) is 10.1. The second-order valence-electron chi connectivity index (χ2n) is 16.6. The van der Waals surface area contributed by atoms with Gasteiger partial charge in [-0.1, -0.05) is 159 Å². The van der Waals surface area contributed by atoms with E-state index in [4.69, 9.17) is 0 Å². The van der Waals surface area contributed by atoms with E-state index in [-0.39, 0.29) is 5.41 Å². The number of aryl methyl sites for hydroxylation is 2. The topological polar surface area (TPSA) is 3.24 Å². The van der Waals surface area contributed by atoms with Gasteiger partial charge in [0, 0.05) is 22.2 Å². The van der Waals surface area contributed by atoms with Crippen molar-refractivity contribution in [3.63, 3.8) is 0 Å². The Kier molecular flexibility index (Phi) is 7.72. The molecular formula is C57H43N. The van der Waals surface area contributed by atoms with Gasteiger partial charge in [-0.15, -0.1) is 0 Å². The van der Waals surface area contributed by atoms with E-state index in [0.29, 0.717) is 0 Å². The number of benzene rings is 10. The summed E-state index contributed by atoms with van der Waals surface area (Å²) >= 11 is 0. The van der Waals surface area contributed by atoms with Crippen LogP contribution in [0, 0.1) is 13.8 Å². The summed E-state index contributed by atoms with van der Waals surface area (Å²) < 4.78 is 0. The van der Waals surface area contributed by atoms with E-state index in [0.717, 1.165) is 17.1 Å². The van der Waals surface area contributed by atoms with Crippen molar-refractivity contribution in [2.24, 2.45) is 0 Å². The molecular weight excluding hydrogens is 699 g/mol. The molecule has 0 N–H and O–H groups in total. The van der Waals surface area contributed by atoms with Gasteiger partial charge >= 0.3 is 0 Å². The lowest BCUT2D eigenvalue weighted by atomic mass is 9.81. The summed E-state index contributed by atoms with van der Waals surface area (Å²) in [6.45, 7) is 9.08. The molecule has 0 saturated carbocycles. The minimum Gasteiger partial charge on any atom is -0.310 e. The maximum Gasteiger partial charge on any atom is 0.0540 e. The molecule has 1 nitrogen and oxygen atoms in total. The monoisotopic (exact) mass is 741 g/mol. The molecule has 0 atom stereocenters. The molecule has 10 aromatic carbocycles. The Labute approximate surface area is 340 Å². The summed E-state index contributed by atoms with van der Waals surface area (Å²) in [6.07, 6.45) is 0. The summed E-state index contributed by atoms with van der Waals surface area (Å²) in [7, 11) is 0. The smallest absolute Gasteiger partial charge is 0.0540 e. The van der Waals surface area contributed by atoms with Crippen LogP contribution in [0.2, 0.25) is 0 Å². The number of hydrogen-bond donors (Lipinski definition) is 0. The van der Waals surface area contributed by atoms with Gasteiger partial charge in [0.15, 0.2) is 0 Å². The van der Waals surface area contributed by atoms with Gasteiger partial charge in [0.25, 0.3) is 0 Å². The normalized spacial score (nSPS) is 13.0. The van der Waals surface area contributed by atoms with Crippen molar-refractivity contribution in [2.75, 3.05) is 4.90 Å². The van der Waals surface area contributed by atoms with Crippen LogP contribution in [-0.2, 0) is 5.41 Å². The maximum atomic E-state index is 2.48. The first-order valence-electron chi connectivity index (χ1n) is 20.4. The highest BCUT2D eigenvalue weighted by Crippen LogP contribution is 2.54. The minimum atomic E-state index is -0.0639. The molecule has 11 rings (SSSR count). The molecule has 0 radical (unpaired) electrons. The van der Waals surface area contributed by atoms with E-state index >= 15 is 0 Å². The number of rotatable bonds is 5. The predicted molar refractivity (Wildman–Crippen MR) is 249 cm³/mol. The van der Waals surface area contributed by atoms with E-state index in [2.05, 4.69) is 221 Å². The minimum absolute atomic E-state index is 0.0639. The van der Waals surface area contributed by atoms with Crippen molar-refractivity contribution in [3.8, 4) is 33.4 Å². The Morgan fingerprint density at radius 1 is 0.328 bits per heavy atom. The van der Waals surface area contributed by atoms with Crippen molar-refractivity contribution in [1.29, 1.82) is 0 Å². The van der Waals surface area contributed by atoms with E-state index in [1.807, 2.05) is 0 Å². The molecule has 0 aromatic heterocycles. The zero-order valence-corrected chi connectivity index (χ0v) is 33.3. The molecule has 58 heavy (non-hydrogen) atoms. The molecule has 0 heterocycles. The lowest BCUT2D eigenvalue weighted by molar-refractivity contribution is 0.660. The summed E-state index contributed by atoms with van der Waals surface area (Å²) in [6, 6.07) is 70.2. The molecule has 276 valence electrons. The van der Waals surface area contributed by atoms with Crippen molar-refractivity contribution in [2.45, 2.75) is 33.1 Å². The zero-order chi connectivity index (χ0) is 39.1. The van der Waals surface area contributed by atoms with Crippen molar-refractivity contribution in [3.05, 3.63) is 210 Å². The molecule has 0 aliphatic heterocycles. The zero-order valence-electron chi connectivity index (χ0n) is 33.3. The summed E-state index contributed by atoms with van der Waals surface area (Å²) in [4.78, 5) is 2.42. The summed E-state index contributed by atoms with van der Waals surface area (Å²) in [5.41, 5.74) is 16.5. The van der Waals surface area contributed by atoms with E-state index < -0.39 is 0 Å². The summed E-state index contributed by atoms with van der Waals surface area (Å²) in [5, 5.41) is 10.1. The molecule has 1 aliphatic rings. The standard InChI is InChI=1S/C57H43N/c1-36-16-13-18-38(32-36)58(39-19-14-17-37(2)33-39)55-31-30-45(40-20-9-10-25-46(40)55)49-34-51-44-24-8-6-22-42(44)50(35-52(51)43-23-7-5-21-41(43)49)47-27-15-29-54-56(47)48-26-11-12-28-53(48)57(54,3)4/h5-35H,1-4H3. The van der Waals surface area contributed by atoms with Gasteiger partial charge in [-0.25, -0.2) is 0 Å². The van der Waals surface area contributed by atoms with Crippen LogP contribution >= 0.6 is 0 Å². The number of anilines is 3. The van der Waals surface area contributed by atoms with Crippen LogP contribution in [0.3, 0.4) is 0 Å². The third kappa shape index (κ3) is 5.16. The highest BCUT2D eigenvalue weighted by Gasteiger charge is 2.36. The van der Waals surface area contributed by atoms with Gasteiger partial charge in [-0.3, -0.25) is 0 Å². The van der Waals surface area contributed by atoms with Crippen LogP contribution in [0.5, 0.6) is 0 Å². The Balaban J connectivity index is 1.17. The molecule has 0 amide bonds. The third-order valence-corrected chi connectivity index (χ3v) is 12.7. The Hall–Kier alpha value is -6.96. The molecule has 0 saturated heterocycles. The number of hydrogen-bond acceptors (Lipinski definition) is 1. The number of fused-ring (bicyclic) bond motifs is 9. The van der Waals surface area contributed by atoms with E-state index in [9.17, 15) is 0 Å². The molecule has 0 spiro atoms. The SMILES string of the molecule is Cc1cccc(N(c2cccc(C)c2)c2ccc(-c3cc4c5ccccc5c(-c5cccc6c5-c5ccccc5C6(C)C)cc4c4ccccc34)c3ccccc23)c1. The number of nitrogens with zero attached hydrogens (tertiary/aromatic N) is 1. The van der Waals surface area contributed by atoms with Gasteiger partial charge in [-0.05, 0) is 150 Å². The van der Waals surface area contributed by atoms with Crippen LogP contribution in [0.15, 0.2) is 188 Å². The lowest BCUT2D eigenvalue weighted by Crippen LogP contribution is -2.14. The van der Waals surface area contributed by atoms with E-state index in [1.54, 1.807) is 0 Å². The van der Waals surface area contributed by atoms with Gasteiger partial charge in [0.05, 0.1) is 5.69 Å². The van der Waals surface area contributed by atoms with Gasteiger partial charge < -0.3 is 4.90 Å². The fourth-order valence-electron chi connectivity index (χ4n) is 10.1. The predicted octanol–water partition coefficient (Wildman–Crippen LogP) is 16.0. The quantitative estimate of drug-likeness (QED) is 0.159. The van der Waals surface area contributed by atoms with Gasteiger partial charge in [0.2, 0.25) is 0 Å². The molecule has 0 unspecified atom stereocenters. The molecule has 1 aliphatic carbocycles. The van der Waals surface area contributed by atoms with Crippen LogP contribution < -0.4 is 4.90 Å². The fraction of sp³-hybridized carbons (Fsp3) is 0.0877. The Bertz CT molecular complexity index is 3250. The lowest BCUT2D eigenvalue weighted by Gasteiger charge is -2.28. The highest BCUT2D eigenvalue weighted by atomic mass is 15.1. The third-order valence-electron chi connectivity index (χ3n) is 12.7. The van der Waals surface area contributed by atoms with E-state index in [1.165, 1.54) is 98.7 Å². The van der Waals surface area contributed by atoms with Crippen molar-refractivity contribution >= 4 is 60.2 Å². The van der Waals surface area contributed by atoms with Crippen LogP contribution in [0.25, 0.3) is 76.5 Å². The largest absolute Gasteiger partial charge is 0.310 e.